The number of aromatic amines is 1. The van der Waals surface area contributed by atoms with Gasteiger partial charge < -0.3 is 42.6 Å². The lowest BCUT2D eigenvalue weighted by Gasteiger charge is -2.25. The molecular weight excluding hydrogens is 540 g/mol. The topological polar surface area (TPSA) is 230 Å². The first kappa shape index (κ1) is 32.6. The summed E-state index contributed by atoms with van der Waals surface area (Å²) in [4.78, 5) is 65.1. The van der Waals surface area contributed by atoms with E-state index in [-0.39, 0.29) is 12.8 Å². The molecule has 10 N–H and O–H groups in total. The van der Waals surface area contributed by atoms with Crippen LogP contribution in [0.1, 0.15) is 37.7 Å². The van der Waals surface area contributed by atoms with Crippen molar-refractivity contribution in [3.63, 3.8) is 0 Å². The number of benzene rings is 1. The zero-order chi connectivity index (χ0) is 29.7. The van der Waals surface area contributed by atoms with Crippen LogP contribution in [0.15, 0.2) is 30.5 Å². The van der Waals surface area contributed by atoms with Gasteiger partial charge in [-0.2, -0.15) is 11.8 Å². The Morgan fingerprint density at radius 1 is 0.925 bits per heavy atom. The van der Waals surface area contributed by atoms with Gasteiger partial charge in [0, 0.05) is 23.5 Å². The highest BCUT2D eigenvalue weighted by Crippen LogP contribution is 2.19. The van der Waals surface area contributed by atoms with Crippen LogP contribution in [0.5, 0.6) is 0 Å². The molecule has 0 radical (unpaired) electrons. The standard InChI is InChI=1S/C26H38N6O7S/c1-40-11-9-19(30-23(35)17(28)7-4-5-10-27)24(36)31-20(25(37)32-21(26(38)39)13-22(33)34)12-15-14-29-18-8-3-2-6-16(15)18/h2-3,6,8,14,17,19-21,29H,4-5,7,9-13,27-28H2,1H3,(H,30,35)(H,31,36)(H,32,37)(H,33,34)(H,38,39). The van der Waals surface area contributed by atoms with Gasteiger partial charge in [-0.05, 0) is 49.4 Å². The van der Waals surface area contributed by atoms with Crippen LogP contribution >= 0.6 is 11.8 Å². The number of fused-ring (bicyclic) bond motifs is 1. The third-order valence-electron chi connectivity index (χ3n) is 6.27. The number of para-hydroxylation sites is 1. The number of rotatable bonds is 18. The molecule has 220 valence electrons. The molecule has 0 fully saturated rings. The quantitative estimate of drug-likeness (QED) is 0.110. The molecule has 0 saturated heterocycles. The summed E-state index contributed by atoms with van der Waals surface area (Å²) in [5.41, 5.74) is 13.0. The largest absolute Gasteiger partial charge is 0.481 e. The zero-order valence-corrected chi connectivity index (χ0v) is 23.2. The summed E-state index contributed by atoms with van der Waals surface area (Å²) in [6.45, 7) is 0.474. The minimum absolute atomic E-state index is 0.0250. The third kappa shape index (κ3) is 10.2. The van der Waals surface area contributed by atoms with Gasteiger partial charge in [-0.3, -0.25) is 19.2 Å². The maximum Gasteiger partial charge on any atom is 0.326 e. The summed E-state index contributed by atoms with van der Waals surface area (Å²) in [6, 6.07) is 2.49. The first-order valence-electron chi connectivity index (χ1n) is 12.9. The van der Waals surface area contributed by atoms with Gasteiger partial charge in [0.25, 0.3) is 0 Å². The monoisotopic (exact) mass is 578 g/mol. The Labute approximate surface area is 236 Å². The molecule has 0 bridgehead atoms. The van der Waals surface area contributed by atoms with Gasteiger partial charge in [0.1, 0.15) is 18.1 Å². The van der Waals surface area contributed by atoms with Crippen molar-refractivity contribution in [2.24, 2.45) is 11.5 Å². The van der Waals surface area contributed by atoms with Crippen LogP contribution < -0.4 is 27.4 Å². The highest BCUT2D eigenvalue weighted by molar-refractivity contribution is 7.98. The van der Waals surface area contributed by atoms with Crippen molar-refractivity contribution < 1.29 is 34.2 Å². The fraction of sp³-hybridized carbons (Fsp3) is 0.500. The average molecular weight is 579 g/mol. The molecule has 40 heavy (non-hydrogen) atoms. The second-order valence-corrected chi connectivity index (χ2v) is 10.3. The fourth-order valence-corrected chi connectivity index (χ4v) is 4.54. The summed E-state index contributed by atoms with van der Waals surface area (Å²) < 4.78 is 0. The number of carbonyl (C=O) groups is 5. The highest BCUT2D eigenvalue weighted by atomic mass is 32.2. The Kier molecular flexibility index (Phi) is 13.4. The van der Waals surface area contributed by atoms with Gasteiger partial charge in [0.2, 0.25) is 17.7 Å². The molecule has 3 amide bonds. The van der Waals surface area contributed by atoms with Gasteiger partial charge in [-0.25, -0.2) is 4.79 Å². The molecule has 14 heteroatoms. The van der Waals surface area contributed by atoms with Crippen LogP contribution in [0, 0.1) is 0 Å². The number of thioether (sulfide) groups is 1. The van der Waals surface area contributed by atoms with Crippen LogP contribution in [0.3, 0.4) is 0 Å². The maximum atomic E-state index is 13.4. The average Bonchev–Trinajstić information content (AvgIpc) is 3.32. The van der Waals surface area contributed by atoms with E-state index in [1.54, 1.807) is 6.20 Å². The van der Waals surface area contributed by atoms with Gasteiger partial charge >= 0.3 is 11.9 Å². The number of aromatic nitrogens is 1. The molecule has 13 nitrogen and oxygen atoms in total. The van der Waals surface area contributed by atoms with E-state index in [0.717, 1.165) is 10.9 Å². The minimum atomic E-state index is -1.70. The molecule has 0 aliphatic heterocycles. The van der Waals surface area contributed by atoms with Crippen LogP contribution in [-0.2, 0) is 30.4 Å². The Bertz CT molecular complexity index is 1170. The van der Waals surface area contributed by atoms with E-state index in [9.17, 15) is 29.1 Å². The molecule has 1 aromatic carbocycles. The van der Waals surface area contributed by atoms with Crippen molar-refractivity contribution in [3.8, 4) is 0 Å². The van der Waals surface area contributed by atoms with Crippen LogP contribution in [-0.4, -0.2) is 87.6 Å². The first-order valence-corrected chi connectivity index (χ1v) is 14.3. The lowest BCUT2D eigenvalue weighted by molar-refractivity contribution is -0.147. The summed E-state index contributed by atoms with van der Waals surface area (Å²) in [5, 5.41) is 26.8. The van der Waals surface area contributed by atoms with Crippen LogP contribution in [0.25, 0.3) is 10.9 Å². The van der Waals surface area contributed by atoms with E-state index in [2.05, 4.69) is 20.9 Å². The van der Waals surface area contributed by atoms with Crippen LogP contribution in [0.2, 0.25) is 0 Å². The Balaban J connectivity index is 2.27. The van der Waals surface area contributed by atoms with Crippen LogP contribution in [0.4, 0.5) is 0 Å². The molecule has 0 spiro atoms. The number of amides is 3. The number of hydrogen-bond donors (Lipinski definition) is 8. The van der Waals surface area contributed by atoms with Gasteiger partial charge in [0.15, 0.2) is 0 Å². The van der Waals surface area contributed by atoms with E-state index in [1.807, 2.05) is 30.5 Å². The molecule has 4 atom stereocenters. The van der Waals surface area contributed by atoms with Gasteiger partial charge in [-0.1, -0.05) is 24.6 Å². The number of carboxylic acids is 2. The smallest absolute Gasteiger partial charge is 0.326 e. The first-order chi connectivity index (χ1) is 19.1. The third-order valence-corrected chi connectivity index (χ3v) is 6.92. The van der Waals surface area contributed by atoms with E-state index >= 15 is 0 Å². The number of aliphatic carboxylic acids is 2. The van der Waals surface area contributed by atoms with E-state index in [1.165, 1.54) is 11.8 Å². The SMILES string of the molecule is CSCCC(NC(=O)C(N)CCCCN)C(=O)NC(Cc1c[nH]c2ccccc12)C(=O)NC(CC(=O)O)C(=O)O. The number of hydrogen-bond acceptors (Lipinski definition) is 8. The van der Waals surface area contributed by atoms with E-state index < -0.39 is 60.2 Å². The Morgan fingerprint density at radius 3 is 2.23 bits per heavy atom. The number of unbranched alkanes of at least 4 members (excludes halogenated alkanes) is 1. The molecule has 4 unspecified atom stereocenters. The molecule has 0 aliphatic rings. The van der Waals surface area contributed by atoms with Crippen molar-refractivity contribution in [1.29, 1.82) is 0 Å². The zero-order valence-electron chi connectivity index (χ0n) is 22.4. The second kappa shape index (κ2) is 16.5. The summed E-state index contributed by atoms with van der Waals surface area (Å²) >= 11 is 1.47. The highest BCUT2D eigenvalue weighted by Gasteiger charge is 2.31. The molecule has 2 aromatic rings. The normalized spacial score (nSPS) is 14.1. The fourth-order valence-electron chi connectivity index (χ4n) is 4.07. The number of H-pyrrole nitrogens is 1. The molecular formula is C26H38N6O7S. The Hall–Kier alpha value is -3.62. The van der Waals surface area contributed by atoms with Crippen molar-refractivity contribution >= 4 is 52.3 Å². The summed E-state index contributed by atoms with van der Waals surface area (Å²) in [7, 11) is 0. The maximum absolute atomic E-state index is 13.4. The van der Waals surface area contributed by atoms with Crippen molar-refractivity contribution in [3.05, 3.63) is 36.0 Å². The van der Waals surface area contributed by atoms with Crippen molar-refractivity contribution in [2.45, 2.75) is 62.7 Å². The lowest BCUT2D eigenvalue weighted by Crippen LogP contribution is -2.57. The number of carbonyl (C=O) groups excluding carboxylic acids is 3. The molecule has 0 aliphatic carbocycles. The number of nitrogens with two attached hydrogens (primary N) is 2. The molecule has 2 rings (SSSR count). The summed E-state index contributed by atoms with van der Waals surface area (Å²) in [6.07, 6.45) is 4.67. The summed E-state index contributed by atoms with van der Waals surface area (Å²) in [5.74, 6) is -4.44. The Morgan fingerprint density at radius 2 is 1.57 bits per heavy atom. The number of carboxylic acid groups (broad SMARTS) is 2. The van der Waals surface area contributed by atoms with Crippen molar-refractivity contribution in [1.82, 2.24) is 20.9 Å². The molecule has 1 heterocycles. The van der Waals surface area contributed by atoms with E-state index in [0.29, 0.717) is 37.1 Å². The second-order valence-electron chi connectivity index (χ2n) is 9.36. The van der Waals surface area contributed by atoms with E-state index in [4.69, 9.17) is 16.6 Å². The predicted octanol–water partition coefficient (Wildman–Crippen LogP) is -0.0665. The van der Waals surface area contributed by atoms with Crippen molar-refractivity contribution in [2.75, 3.05) is 18.6 Å². The molecule has 1 aromatic heterocycles. The molecule has 0 saturated carbocycles. The van der Waals surface area contributed by atoms with Gasteiger partial charge in [0.05, 0.1) is 12.5 Å². The van der Waals surface area contributed by atoms with Gasteiger partial charge in [-0.15, -0.1) is 0 Å². The predicted molar refractivity (Wildman–Crippen MR) is 152 cm³/mol. The number of nitrogens with one attached hydrogen (secondary N) is 4. The minimum Gasteiger partial charge on any atom is -0.481 e. The lowest BCUT2D eigenvalue weighted by atomic mass is 10.0.